The number of hydrogen-bond donors (Lipinski definition) is 3. The van der Waals surface area contributed by atoms with E-state index in [2.05, 4.69) is 5.32 Å². The monoisotopic (exact) mass is 410 g/mol. The van der Waals surface area contributed by atoms with Crippen LogP contribution in [-0.2, 0) is 10.0 Å². The molecule has 0 aliphatic heterocycles. The van der Waals surface area contributed by atoms with Gasteiger partial charge in [-0.2, -0.15) is 0 Å². The third-order valence-corrected chi connectivity index (χ3v) is 5.03. The van der Waals surface area contributed by atoms with Crippen molar-refractivity contribution in [3.8, 4) is 17.2 Å². The first-order valence-electron chi connectivity index (χ1n) is 8.64. The van der Waals surface area contributed by atoms with Gasteiger partial charge in [0, 0.05) is 12.6 Å². The molecule has 0 spiro atoms. The van der Waals surface area contributed by atoms with Gasteiger partial charge < -0.3 is 24.6 Å². The van der Waals surface area contributed by atoms with Gasteiger partial charge in [-0.1, -0.05) is 18.2 Å². The van der Waals surface area contributed by atoms with Crippen LogP contribution in [0, 0.1) is 0 Å². The van der Waals surface area contributed by atoms with Crippen molar-refractivity contribution in [3.63, 3.8) is 0 Å². The van der Waals surface area contributed by atoms with Crippen molar-refractivity contribution >= 4 is 10.0 Å². The molecule has 2 aromatic carbocycles. The Morgan fingerprint density at radius 3 is 2.32 bits per heavy atom. The summed E-state index contributed by atoms with van der Waals surface area (Å²) in [5.41, 5.74) is 0.412. The Morgan fingerprint density at radius 2 is 1.71 bits per heavy atom. The molecule has 2 aromatic rings. The number of hydrogen-bond acceptors (Lipinski definition) is 7. The van der Waals surface area contributed by atoms with E-state index in [1.165, 1.54) is 19.2 Å². The highest BCUT2D eigenvalue weighted by atomic mass is 32.2. The van der Waals surface area contributed by atoms with Gasteiger partial charge in [-0.05, 0) is 36.8 Å². The lowest BCUT2D eigenvalue weighted by atomic mass is 10.1. The molecule has 0 aliphatic rings. The number of nitrogens with two attached hydrogens (primary N) is 1. The second-order valence-corrected chi connectivity index (χ2v) is 7.77. The van der Waals surface area contributed by atoms with Crippen molar-refractivity contribution in [1.82, 2.24) is 5.32 Å². The molecular weight excluding hydrogens is 384 g/mol. The van der Waals surface area contributed by atoms with Gasteiger partial charge >= 0.3 is 0 Å². The minimum absolute atomic E-state index is 0.0736. The third-order valence-electron chi connectivity index (χ3n) is 4.10. The zero-order chi connectivity index (χ0) is 20.7. The largest absolute Gasteiger partial charge is 0.495 e. The SMILES string of the molecule is COc1ccccc1OCC(C)NCC(O)c1ccc(OC)c(S(N)(=O)=O)c1. The maximum atomic E-state index is 11.7. The first-order valence-corrected chi connectivity index (χ1v) is 10.2. The Morgan fingerprint density at radius 1 is 1.07 bits per heavy atom. The number of methoxy groups -OCH3 is 2. The second kappa shape index (κ2) is 9.74. The summed E-state index contributed by atoms with van der Waals surface area (Å²) in [4.78, 5) is -0.167. The van der Waals surface area contributed by atoms with E-state index in [9.17, 15) is 13.5 Å². The zero-order valence-electron chi connectivity index (χ0n) is 16.1. The molecule has 8 nitrogen and oxygen atoms in total. The van der Waals surface area contributed by atoms with Gasteiger partial charge in [0.25, 0.3) is 0 Å². The molecule has 0 aromatic heterocycles. The predicted molar refractivity (Wildman–Crippen MR) is 105 cm³/mol. The fourth-order valence-electron chi connectivity index (χ4n) is 2.57. The lowest BCUT2D eigenvalue weighted by Crippen LogP contribution is -2.35. The molecule has 0 fully saturated rings. The number of aliphatic hydroxyl groups excluding tert-OH is 1. The smallest absolute Gasteiger partial charge is 0.241 e. The average molecular weight is 410 g/mol. The van der Waals surface area contributed by atoms with E-state index in [1.807, 2.05) is 31.2 Å². The van der Waals surface area contributed by atoms with Crippen LogP contribution >= 0.6 is 0 Å². The summed E-state index contributed by atoms with van der Waals surface area (Å²) in [5, 5.41) is 18.7. The van der Waals surface area contributed by atoms with Crippen LogP contribution in [-0.4, -0.2) is 46.9 Å². The molecule has 0 saturated carbocycles. The van der Waals surface area contributed by atoms with Crippen LogP contribution in [0.15, 0.2) is 47.4 Å². The minimum Gasteiger partial charge on any atom is -0.495 e. The molecule has 9 heteroatoms. The maximum Gasteiger partial charge on any atom is 0.241 e. The number of rotatable bonds is 10. The van der Waals surface area contributed by atoms with E-state index in [1.54, 1.807) is 13.2 Å². The van der Waals surface area contributed by atoms with Crippen molar-refractivity contribution in [2.45, 2.75) is 24.0 Å². The highest BCUT2D eigenvalue weighted by Gasteiger charge is 2.19. The number of aliphatic hydroxyl groups is 1. The highest BCUT2D eigenvalue weighted by molar-refractivity contribution is 7.89. The number of benzene rings is 2. The van der Waals surface area contributed by atoms with Gasteiger partial charge in [0.1, 0.15) is 17.3 Å². The van der Waals surface area contributed by atoms with E-state index < -0.39 is 16.1 Å². The number of nitrogens with one attached hydrogen (secondary N) is 1. The van der Waals surface area contributed by atoms with Gasteiger partial charge in [-0.25, -0.2) is 13.6 Å². The van der Waals surface area contributed by atoms with E-state index in [0.29, 0.717) is 23.7 Å². The van der Waals surface area contributed by atoms with Crippen molar-refractivity contribution in [3.05, 3.63) is 48.0 Å². The van der Waals surface area contributed by atoms with Crippen LogP contribution in [0.5, 0.6) is 17.2 Å². The summed E-state index contributed by atoms with van der Waals surface area (Å²) < 4.78 is 39.4. The summed E-state index contributed by atoms with van der Waals surface area (Å²) in [6, 6.07) is 11.6. The fourth-order valence-corrected chi connectivity index (χ4v) is 3.30. The van der Waals surface area contributed by atoms with Gasteiger partial charge in [0.2, 0.25) is 10.0 Å². The second-order valence-electron chi connectivity index (χ2n) is 6.24. The van der Waals surface area contributed by atoms with Crippen molar-refractivity contribution in [2.24, 2.45) is 5.14 Å². The number of primary sulfonamides is 1. The standard InChI is InChI=1S/C19H26N2O6S/c1-13(12-27-17-7-5-4-6-16(17)25-2)21-11-15(22)14-8-9-18(26-3)19(10-14)28(20,23)24/h4-10,13,15,21-22H,11-12H2,1-3H3,(H2,20,23,24). The molecule has 28 heavy (non-hydrogen) atoms. The first kappa shape index (κ1) is 22.0. The molecule has 2 rings (SSSR count). The van der Waals surface area contributed by atoms with Crippen molar-refractivity contribution < 1.29 is 27.7 Å². The van der Waals surface area contributed by atoms with Crippen LogP contribution in [0.2, 0.25) is 0 Å². The number of ether oxygens (including phenoxy) is 3. The Balaban J connectivity index is 1.95. The van der Waals surface area contributed by atoms with Gasteiger partial charge in [0.15, 0.2) is 11.5 Å². The van der Waals surface area contributed by atoms with Crippen LogP contribution in [0.1, 0.15) is 18.6 Å². The van der Waals surface area contributed by atoms with Gasteiger partial charge in [-0.15, -0.1) is 0 Å². The lowest BCUT2D eigenvalue weighted by molar-refractivity contribution is 0.163. The van der Waals surface area contributed by atoms with Crippen LogP contribution in [0.3, 0.4) is 0 Å². The first-order chi connectivity index (χ1) is 13.3. The van der Waals surface area contributed by atoms with Crippen molar-refractivity contribution in [1.29, 1.82) is 0 Å². The molecule has 0 bridgehead atoms. The summed E-state index contributed by atoms with van der Waals surface area (Å²) in [7, 11) is -1.04. The average Bonchev–Trinajstić information content (AvgIpc) is 2.69. The Bertz CT molecular complexity index is 888. The summed E-state index contributed by atoms with van der Waals surface area (Å²) in [6.45, 7) is 2.47. The van der Waals surface area contributed by atoms with Gasteiger partial charge in [-0.3, -0.25) is 0 Å². The van der Waals surface area contributed by atoms with Crippen LogP contribution in [0.25, 0.3) is 0 Å². The molecule has 0 heterocycles. The molecule has 0 amide bonds. The summed E-state index contributed by atoms with van der Waals surface area (Å²) >= 11 is 0. The lowest BCUT2D eigenvalue weighted by Gasteiger charge is -2.19. The van der Waals surface area contributed by atoms with E-state index in [-0.39, 0.29) is 23.2 Å². The molecule has 4 N–H and O–H groups in total. The molecule has 0 radical (unpaired) electrons. The van der Waals surface area contributed by atoms with Crippen molar-refractivity contribution in [2.75, 3.05) is 27.4 Å². The van der Waals surface area contributed by atoms with Crippen LogP contribution < -0.4 is 24.7 Å². The fraction of sp³-hybridized carbons (Fsp3) is 0.368. The molecular formula is C19H26N2O6S. The Kier molecular flexibility index (Phi) is 7.64. The maximum absolute atomic E-state index is 11.7. The molecule has 154 valence electrons. The summed E-state index contributed by atoms with van der Waals surface area (Å²) in [5.74, 6) is 1.40. The van der Waals surface area contributed by atoms with E-state index in [4.69, 9.17) is 19.3 Å². The van der Waals surface area contributed by atoms with E-state index in [0.717, 1.165) is 0 Å². The zero-order valence-corrected chi connectivity index (χ0v) is 16.9. The predicted octanol–water partition coefficient (Wildman–Crippen LogP) is 1.44. The quantitative estimate of drug-likeness (QED) is 0.542. The number of para-hydroxylation sites is 2. The Labute approximate surface area is 165 Å². The summed E-state index contributed by atoms with van der Waals surface area (Å²) in [6.07, 6.45) is -0.930. The number of sulfonamides is 1. The van der Waals surface area contributed by atoms with E-state index >= 15 is 0 Å². The molecule has 2 atom stereocenters. The Hall–Kier alpha value is -2.33. The highest BCUT2D eigenvalue weighted by Crippen LogP contribution is 2.27. The van der Waals surface area contributed by atoms with Gasteiger partial charge in [0.05, 0.1) is 20.3 Å². The molecule has 2 unspecified atom stereocenters. The molecule has 0 saturated heterocycles. The third kappa shape index (κ3) is 5.83. The minimum atomic E-state index is -3.97. The molecule has 0 aliphatic carbocycles. The topological polar surface area (TPSA) is 120 Å². The normalized spacial score (nSPS) is 13.6. The van der Waals surface area contributed by atoms with Crippen LogP contribution in [0.4, 0.5) is 0 Å².